The topological polar surface area (TPSA) is 61.5 Å². The average Bonchev–Trinajstić information content (AvgIpc) is 3.08. The average molecular weight is 343 g/mol. The number of hydrogen-bond acceptors (Lipinski definition) is 2. The van der Waals surface area contributed by atoms with Crippen LogP contribution in [0.1, 0.15) is 5.56 Å². The fourth-order valence-corrected chi connectivity index (χ4v) is 3.50. The Morgan fingerprint density at radius 2 is 1.77 bits per heavy atom. The van der Waals surface area contributed by atoms with E-state index in [9.17, 15) is 9.18 Å². The number of H-pyrrole nitrogens is 2. The van der Waals surface area contributed by atoms with Gasteiger partial charge in [-0.2, -0.15) is 0 Å². The van der Waals surface area contributed by atoms with Gasteiger partial charge in [0.2, 0.25) is 0 Å². The zero-order valence-electron chi connectivity index (χ0n) is 13.9. The highest BCUT2D eigenvalue weighted by Gasteiger charge is 2.16. The molecule has 0 aliphatic rings. The fraction of sp³-hybridized carbons (Fsp3) is 0.0476. The van der Waals surface area contributed by atoms with Gasteiger partial charge in [-0.15, -0.1) is 0 Å². The molecule has 2 heterocycles. The second-order valence-electron chi connectivity index (χ2n) is 6.46. The summed E-state index contributed by atoms with van der Waals surface area (Å²) in [5, 5.41) is 2.51. The summed E-state index contributed by atoms with van der Waals surface area (Å²) in [6.07, 6.45) is 1.59. The number of rotatable bonds is 1. The molecule has 0 unspecified atom stereocenters. The Bertz CT molecular complexity index is 1360. The van der Waals surface area contributed by atoms with Gasteiger partial charge < -0.3 is 9.97 Å². The van der Waals surface area contributed by atoms with Crippen molar-refractivity contribution in [1.29, 1.82) is 0 Å². The molecule has 0 aliphatic carbocycles. The first-order chi connectivity index (χ1) is 12.6. The van der Waals surface area contributed by atoms with Gasteiger partial charge in [-0.1, -0.05) is 29.8 Å². The van der Waals surface area contributed by atoms with Crippen molar-refractivity contribution >= 4 is 32.6 Å². The molecular formula is C21H14FN3O. The number of nitrogens with one attached hydrogen (secondary N) is 2. The first-order valence-corrected chi connectivity index (χ1v) is 8.31. The minimum Gasteiger partial charge on any atom is -0.337 e. The lowest BCUT2D eigenvalue weighted by molar-refractivity contribution is 0.630. The Morgan fingerprint density at radius 1 is 0.962 bits per heavy atom. The van der Waals surface area contributed by atoms with Crippen LogP contribution >= 0.6 is 0 Å². The van der Waals surface area contributed by atoms with Crippen LogP contribution in [0.2, 0.25) is 0 Å². The molecule has 5 aromatic rings. The van der Waals surface area contributed by atoms with Crippen LogP contribution < -0.4 is 5.56 Å². The maximum atomic E-state index is 13.9. The van der Waals surface area contributed by atoms with Crippen LogP contribution in [0, 0.1) is 12.7 Å². The van der Waals surface area contributed by atoms with Gasteiger partial charge in [-0.25, -0.2) is 9.37 Å². The van der Waals surface area contributed by atoms with Crippen molar-refractivity contribution in [2.24, 2.45) is 0 Å². The Labute approximate surface area is 147 Å². The summed E-state index contributed by atoms with van der Waals surface area (Å²) in [5.41, 5.74) is 3.39. The van der Waals surface area contributed by atoms with Crippen LogP contribution in [-0.2, 0) is 0 Å². The van der Waals surface area contributed by atoms with E-state index in [4.69, 9.17) is 4.98 Å². The first kappa shape index (κ1) is 14.8. The number of nitrogens with zero attached hydrogens (tertiary/aromatic N) is 1. The summed E-state index contributed by atoms with van der Waals surface area (Å²) in [6, 6.07) is 14.4. The Morgan fingerprint density at radius 3 is 2.58 bits per heavy atom. The maximum Gasteiger partial charge on any atom is 0.256 e. The fourth-order valence-electron chi connectivity index (χ4n) is 3.50. The number of hydrogen-bond donors (Lipinski definition) is 2. The summed E-state index contributed by atoms with van der Waals surface area (Å²) >= 11 is 0. The minimum absolute atomic E-state index is 0.250. The minimum atomic E-state index is -0.375. The molecule has 0 aliphatic heterocycles. The molecule has 3 aromatic carbocycles. The third-order valence-electron chi connectivity index (χ3n) is 4.77. The van der Waals surface area contributed by atoms with E-state index < -0.39 is 0 Å². The van der Waals surface area contributed by atoms with Gasteiger partial charge >= 0.3 is 0 Å². The SMILES string of the molecule is Cc1ccc(-c2nc3c4cc[nH]c(=O)c4c4cc(F)ccc4c3[nH]2)cc1. The number of pyridine rings is 1. The Balaban J connectivity index is 1.97. The van der Waals surface area contributed by atoms with Gasteiger partial charge in [0.15, 0.2) is 0 Å². The Hall–Kier alpha value is -3.47. The van der Waals surface area contributed by atoms with Crippen molar-refractivity contribution in [3.05, 3.63) is 76.5 Å². The van der Waals surface area contributed by atoms with Crippen LogP contribution in [0.25, 0.3) is 44.0 Å². The normalized spacial score (nSPS) is 11.6. The molecule has 2 aromatic heterocycles. The highest BCUT2D eigenvalue weighted by atomic mass is 19.1. The lowest BCUT2D eigenvalue weighted by atomic mass is 10.0. The van der Waals surface area contributed by atoms with E-state index in [1.165, 1.54) is 17.7 Å². The van der Waals surface area contributed by atoms with Crippen LogP contribution in [0.4, 0.5) is 4.39 Å². The number of imidazole rings is 1. The monoisotopic (exact) mass is 343 g/mol. The molecule has 5 rings (SSSR count). The molecule has 0 atom stereocenters. The molecule has 0 radical (unpaired) electrons. The highest BCUT2D eigenvalue weighted by Crippen LogP contribution is 2.34. The van der Waals surface area contributed by atoms with Crippen LogP contribution in [0.3, 0.4) is 0 Å². The van der Waals surface area contributed by atoms with Crippen LogP contribution in [-0.4, -0.2) is 15.0 Å². The maximum absolute atomic E-state index is 13.9. The second-order valence-corrected chi connectivity index (χ2v) is 6.46. The zero-order chi connectivity index (χ0) is 17.8. The van der Waals surface area contributed by atoms with Crippen LogP contribution in [0.5, 0.6) is 0 Å². The second kappa shape index (κ2) is 5.26. The van der Waals surface area contributed by atoms with Crippen molar-refractivity contribution in [2.75, 3.05) is 0 Å². The number of aromatic nitrogens is 3. The summed E-state index contributed by atoms with van der Waals surface area (Å²) in [5.74, 6) is 0.345. The highest BCUT2D eigenvalue weighted by molar-refractivity contribution is 6.23. The molecule has 2 N–H and O–H groups in total. The summed E-state index contributed by atoms with van der Waals surface area (Å²) in [7, 11) is 0. The van der Waals surface area contributed by atoms with Crippen molar-refractivity contribution in [3.8, 4) is 11.4 Å². The third kappa shape index (κ3) is 2.07. The standard InChI is InChI=1S/C21H14FN3O/c1-11-2-4-12(5-3-11)20-24-18-14-7-6-13(22)10-16(14)17-15(19(18)25-20)8-9-23-21(17)26/h2-10H,1H3,(H,23,26)(H,24,25). The lowest BCUT2D eigenvalue weighted by Crippen LogP contribution is -2.05. The van der Waals surface area contributed by atoms with E-state index in [2.05, 4.69) is 9.97 Å². The summed E-state index contributed by atoms with van der Waals surface area (Å²) < 4.78 is 13.9. The predicted octanol–water partition coefficient (Wildman–Crippen LogP) is 4.67. The molecule has 0 bridgehead atoms. The van der Waals surface area contributed by atoms with Gasteiger partial charge in [0.05, 0.1) is 16.4 Å². The van der Waals surface area contributed by atoms with E-state index in [1.54, 1.807) is 12.3 Å². The predicted molar refractivity (Wildman–Crippen MR) is 102 cm³/mol. The first-order valence-electron chi connectivity index (χ1n) is 8.31. The van der Waals surface area contributed by atoms with E-state index >= 15 is 0 Å². The number of halogens is 1. The van der Waals surface area contributed by atoms with Gasteiger partial charge in [0, 0.05) is 27.9 Å². The molecule has 0 saturated carbocycles. The van der Waals surface area contributed by atoms with E-state index in [-0.39, 0.29) is 11.4 Å². The molecule has 0 amide bonds. The Kier molecular flexibility index (Phi) is 3.00. The molecule has 4 nitrogen and oxygen atoms in total. The van der Waals surface area contributed by atoms with Crippen LogP contribution in [0.15, 0.2) is 59.5 Å². The molecule has 0 saturated heterocycles. The van der Waals surface area contributed by atoms with E-state index in [0.717, 1.165) is 22.3 Å². The van der Waals surface area contributed by atoms with E-state index in [0.29, 0.717) is 21.7 Å². The number of aryl methyl sites for hydroxylation is 1. The quantitative estimate of drug-likeness (QED) is 0.434. The summed E-state index contributed by atoms with van der Waals surface area (Å²) in [4.78, 5) is 23.2. The van der Waals surface area contributed by atoms with Crippen molar-refractivity contribution in [1.82, 2.24) is 15.0 Å². The number of aromatic amines is 2. The van der Waals surface area contributed by atoms with Gasteiger partial charge in [-0.05, 0) is 31.2 Å². The molecular weight excluding hydrogens is 329 g/mol. The smallest absolute Gasteiger partial charge is 0.256 e. The van der Waals surface area contributed by atoms with Gasteiger partial charge in [0.25, 0.3) is 5.56 Å². The molecule has 126 valence electrons. The molecule has 5 heteroatoms. The van der Waals surface area contributed by atoms with Crippen molar-refractivity contribution < 1.29 is 4.39 Å². The van der Waals surface area contributed by atoms with Gasteiger partial charge in [0.1, 0.15) is 11.6 Å². The molecule has 0 spiro atoms. The largest absolute Gasteiger partial charge is 0.337 e. The van der Waals surface area contributed by atoms with E-state index in [1.807, 2.05) is 37.3 Å². The third-order valence-corrected chi connectivity index (χ3v) is 4.77. The molecule has 26 heavy (non-hydrogen) atoms. The van der Waals surface area contributed by atoms with Crippen molar-refractivity contribution in [2.45, 2.75) is 6.92 Å². The zero-order valence-corrected chi connectivity index (χ0v) is 13.9. The van der Waals surface area contributed by atoms with Crippen molar-refractivity contribution in [3.63, 3.8) is 0 Å². The lowest BCUT2D eigenvalue weighted by Gasteiger charge is -2.05. The molecule has 0 fully saturated rings. The number of fused-ring (bicyclic) bond motifs is 6. The number of benzene rings is 3. The summed E-state index contributed by atoms with van der Waals surface area (Å²) in [6.45, 7) is 2.03. The van der Waals surface area contributed by atoms with Gasteiger partial charge in [-0.3, -0.25) is 4.79 Å².